The maximum absolute atomic E-state index is 12.8. The fourth-order valence-electron chi connectivity index (χ4n) is 3.15. The predicted octanol–water partition coefficient (Wildman–Crippen LogP) is 3.27. The molecule has 0 unspecified atom stereocenters. The molecular weight excluding hydrogens is 435 g/mol. The summed E-state index contributed by atoms with van der Waals surface area (Å²) in [7, 11) is -3.68. The zero-order valence-electron chi connectivity index (χ0n) is 15.8. The number of piperazine rings is 1. The molecule has 0 spiro atoms. The standard InChI is InChI=1S/C20H20Cl2N2O4S/c1-14(25)15-5-7-16(8-6-15)29(27,28)24-11-9-23(10-12-24)20(26)13-17-18(21)3-2-4-19(17)22/h2-8H,9-13H2,1H3. The Morgan fingerprint density at radius 3 is 2.00 bits per heavy atom. The number of hydrogen-bond acceptors (Lipinski definition) is 4. The molecule has 2 aromatic carbocycles. The summed E-state index contributed by atoms with van der Waals surface area (Å²) in [5.74, 6) is -0.275. The Hall–Kier alpha value is -1.93. The molecule has 29 heavy (non-hydrogen) atoms. The molecule has 0 radical (unpaired) electrons. The third kappa shape index (κ3) is 4.80. The number of Topliss-reactive ketones (excluding diaryl/α,β-unsaturated/α-hetero) is 1. The lowest BCUT2D eigenvalue weighted by molar-refractivity contribution is -0.131. The van der Waals surface area contributed by atoms with Crippen LogP contribution in [0.3, 0.4) is 0 Å². The summed E-state index contributed by atoms with van der Waals surface area (Å²) in [6.07, 6.45) is 0.0672. The largest absolute Gasteiger partial charge is 0.340 e. The molecule has 1 aliphatic rings. The molecule has 0 aromatic heterocycles. The third-order valence-corrected chi connectivity index (χ3v) is 7.50. The fourth-order valence-corrected chi connectivity index (χ4v) is 5.11. The molecule has 1 heterocycles. The molecule has 3 rings (SSSR count). The molecule has 0 atom stereocenters. The van der Waals surface area contributed by atoms with Gasteiger partial charge in [0.05, 0.1) is 11.3 Å². The van der Waals surface area contributed by atoms with Crippen LogP contribution in [-0.2, 0) is 21.2 Å². The third-order valence-electron chi connectivity index (χ3n) is 4.88. The van der Waals surface area contributed by atoms with Crippen LogP contribution in [0.15, 0.2) is 47.4 Å². The lowest BCUT2D eigenvalue weighted by atomic mass is 10.1. The van der Waals surface area contributed by atoms with Crippen LogP contribution < -0.4 is 0 Å². The van der Waals surface area contributed by atoms with Crippen molar-refractivity contribution >= 4 is 44.9 Å². The fraction of sp³-hybridized carbons (Fsp3) is 0.300. The first kappa shape index (κ1) is 21.8. The first-order valence-electron chi connectivity index (χ1n) is 9.02. The highest BCUT2D eigenvalue weighted by atomic mass is 35.5. The van der Waals surface area contributed by atoms with Crippen molar-refractivity contribution < 1.29 is 18.0 Å². The van der Waals surface area contributed by atoms with E-state index in [0.29, 0.717) is 21.2 Å². The van der Waals surface area contributed by atoms with Gasteiger partial charge in [0.25, 0.3) is 0 Å². The summed E-state index contributed by atoms with van der Waals surface area (Å²) < 4.78 is 27.0. The molecular formula is C20H20Cl2N2O4S. The number of nitrogens with zero attached hydrogens (tertiary/aromatic N) is 2. The number of carbonyl (C=O) groups is 2. The molecule has 1 fully saturated rings. The summed E-state index contributed by atoms with van der Waals surface area (Å²) in [6.45, 7) is 2.38. The number of hydrogen-bond donors (Lipinski definition) is 0. The highest BCUT2D eigenvalue weighted by Crippen LogP contribution is 2.26. The molecule has 1 aliphatic heterocycles. The molecule has 6 nitrogen and oxygen atoms in total. The van der Waals surface area contributed by atoms with Gasteiger partial charge in [0.15, 0.2) is 5.78 Å². The molecule has 0 N–H and O–H groups in total. The first-order chi connectivity index (χ1) is 13.7. The van der Waals surface area contributed by atoms with Gasteiger partial charge in [0.1, 0.15) is 0 Å². The molecule has 0 bridgehead atoms. The van der Waals surface area contributed by atoms with E-state index in [2.05, 4.69) is 0 Å². The highest BCUT2D eigenvalue weighted by molar-refractivity contribution is 7.89. The smallest absolute Gasteiger partial charge is 0.243 e. The van der Waals surface area contributed by atoms with Crippen LogP contribution in [0.25, 0.3) is 0 Å². The molecule has 1 saturated heterocycles. The normalized spacial score (nSPS) is 15.3. The number of ketones is 1. The van der Waals surface area contributed by atoms with Crippen LogP contribution in [0.2, 0.25) is 10.0 Å². The van der Waals surface area contributed by atoms with Crippen molar-refractivity contribution in [3.63, 3.8) is 0 Å². The van der Waals surface area contributed by atoms with Gasteiger partial charge in [-0.1, -0.05) is 41.4 Å². The lowest BCUT2D eigenvalue weighted by Crippen LogP contribution is -2.50. The minimum Gasteiger partial charge on any atom is -0.340 e. The van der Waals surface area contributed by atoms with Crippen LogP contribution in [-0.4, -0.2) is 55.5 Å². The monoisotopic (exact) mass is 454 g/mol. The molecule has 2 aromatic rings. The number of rotatable bonds is 5. The van der Waals surface area contributed by atoms with E-state index < -0.39 is 10.0 Å². The van der Waals surface area contributed by atoms with E-state index >= 15 is 0 Å². The second-order valence-corrected chi connectivity index (χ2v) is 9.49. The Balaban J connectivity index is 1.65. The minimum absolute atomic E-state index is 0.0672. The van der Waals surface area contributed by atoms with E-state index in [9.17, 15) is 18.0 Å². The summed E-state index contributed by atoms with van der Waals surface area (Å²) in [5.41, 5.74) is 1.03. The van der Waals surface area contributed by atoms with Crippen LogP contribution in [0.5, 0.6) is 0 Å². The van der Waals surface area contributed by atoms with E-state index in [1.807, 2.05) is 0 Å². The van der Waals surface area contributed by atoms with Crippen LogP contribution >= 0.6 is 23.2 Å². The van der Waals surface area contributed by atoms with Gasteiger partial charge < -0.3 is 4.90 Å². The van der Waals surface area contributed by atoms with Crippen molar-refractivity contribution in [2.75, 3.05) is 26.2 Å². The Bertz CT molecular complexity index is 1010. The van der Waals surface area contributed by atoms with Gasteiger partial charge in [0, 0.05) is 41.8 Å². The highest BCUT2D eigenvalue weighted by Gasteiger charge is 2.30. The van der Waals surface area contributed by atoms with Crippen LogP contribution in [0.1, 0.15) is 22.8 Å². The molecule has 154 valence electrons. The zero-order chi connectivity index (χ0) is 21.2. The Morgan fingerprint density at radius 1 is 0.931 bits per heavy atom. The van der Waals surface area contributed by atoms with Crippen molar-refractivity contribution in [3.05, 3.63) is 63.6 Å². The van der Waals surface area contributed by atoms with Gasteiger partial charge >= 0.3 is 0 Å². The minimum atomic E-state index is -3.68. The van der Waals surface area contributed by atoms with E-state index in [-0.39, 0.29) is 49.2 Å². The summed E-state index contributed by atoms with van der Waals surface area (Å²) in [5, 5.41) is 0.863. The van der Waals surface area contributed by atoms with Gasteiger partial charge in [0.2, 0.25) is 15.9 Å². The number of halogens is 2. The summed E-state index contributed by atoms with van der Waals surface area (Å²) in [4.78, 5) is 25.7. The average molecular weight is 455 g/mol. The first-order valence-corrected chi connectivity index (χ1v) is 11.2. The van der Waals surface area contributed by atoms with Gasteiger partial charge in [-0.3, -0.25) is 9.59 Å². The van der Waals surface area contributed by atoms with Crippen molar-refractivity contribution in [2.45, 2.75) is 18.2 Å². The second kappa shape index (κ2) is 8.83. The van der Waals surface area contributed by atoms with Crippen LogP contribution in [0, 0.1) is 0 Å². The molecule has 9 heteroatoms. The number of carbonyl (C=O) groups excluding carboxylic acids is 2. The summed E-state index contributed by atoms with van der Waals surface area (Å²) >= 11 is 12.3. The van der Waals surface area contributed by atoms with Gasteiger partial charge in [-0.2, -0.15) is 4.31 Å². The topological polar surface area (TPSA) is 74.8 Å². The molecule has 0 aliphatic carbocycles. The van der Waals surface area contributed by atoms with Crippen molar-refractivity contribution in [2.24, 2.45) is 0 Å². The zero-order valence-corrected chi connectivity index (χ0v) is 18.1. The van der Waals surface area contributed by atoms with Gasteiger partial charge in [-0.25, -0.2) is 8.42 Å². The number of amides is 1. The van der Waals surface area contributed by atoms with E-state index in [4.69, 9.17) is 23.2 Å². The SMILES string of the molecule is CC(=O)c1ccc(S(=O)(=O)N2CCN(C(=O)Cc3c(Cl)cccc3Cl)CC2)cc1. The number of sulfonamides is 1. The van der Waals surface area contributed by atoms with Crippen molar-refractivity contribution in [3.8, 4) is 0 Å². The Kier molecular flexibility index (Phi) is 6.63. The summed E-state index contributed by atoms with van der Waals surface area (Å²) in [6, 6.07) is 10.9. The second-order valence-electron chi connectivity index (χ2n) is 6.74. The quantitative estimate of drug-likeness (QED) is 0.649. The Morgan fingerprint density at radius 2 is 1.48 bits per heavy atom. The predicted molar refractivity (Wildman–Crippen MR) is 112 cm³/mol. The van der Waals surface area contributed by atoms with Crippen molar-refractivity contribution in [1.82, 2.24) is 9.21 Å². The lowest BCUT2D eigenvalue weighted by Gasteiger charge is -2.34. The molecule has 1 amide bonds. The van der Waals surface area contributed by atoms with Crippen LogP contribution in [0.4, 0.5) is 0 Å². The maximum Gasteiger partial charge on any atom is 0.243 e. The van der Waals surface area contributed by atoms with E-state index in [0.717, 1.165) is 0 Å². The van der Waals surface area contributed by atoms with E-state index in [1.165, 1.54) is 35.5 Å². The van der Waals surface area contributed by atoms with Gasteiger partial charge in [-0.15, -0.1) is 0 Å². The molecule has 0 saturated carbocycles. The average Bonchev–Trinajstić information content (AvgIpc) is 2.71. The van der Waals surface area contributed by atoms with Gasteiger partial charge in [-0.05, 0) is 36.8 Å². The van der Waals surface area contributed by atoms with Crippen molar-refractivity contribution in [1.29, 1.82) is 0 Å². The number of benzene rings is 2. The van der Waals surface area contributed by atoms with E-state index in [1.54, 1.807) is 23.1 Å². The Labute approximate surface area is 180 Å². The maximum atomic E-state index is 12.8.